The number of nitrogens with one attached hydrogen (secondary N) is 1. The zero-order chi connectivity index (χ0) is 22.9. The van der Waals surface area contributed by atoms with E-state index in [1.165, 1.54) is 28.6 Å². The molecule has 32 heavy (non-hydrogen) atoms. The van der Waals surface area contributed by atoms with Gasteiger partial charge in [-0.15, -0.1) is 0 Å². The monoisotopic (exact) mass is 472 g/mol. The maximum absolute atomic E-state index is 13.2. The van der Waals surface area contributed by atoms with E-state index >= 15 is 0 Å². The van der Waals surface area contributed by atoms with Gasteiger partial charge in [-0.05, 0) is 85.5 Å². The molecule has 4 rings (SSSR count). The molecule has 3 aromatic carbocycles. The lowest BCUT2D eigenvalue weighted by Gasteiger charge is -2.31. The second-order valence-corrected chi connectivity index (χ2v) is 10.0. The van der Waals surface area contributed by atoms with Gasteiger partial charge in [0.2, 0.25) is 0 Å². The summed E-state index contributed by atoms with van der Waals surface area (Å²) in [6, 6.07) is 16.8. The van der Waals surface area contributed by atoms with Crippen LogP contribution >= 0.6 is 11.6 Å². The van der Waals surface area contributed by atoms with Crippen molar-refractivity contribution in [2.45, 2.75) is 30.7 Å². The number of hydrogen-bond acceptors (Lipinski definition) is 3. The van der Waals surface area contributed by atoms with Gasteiger partial charge in [-0.1, -0.05) is 23.7 Å². The first kappa shape index (κ1) is 22.3. The van der Waals surface area contributed by atoms with Crippen LogP contribution in [-0.2, 0) is 16.4 Å². The van der Waals surface area contributed by atoms with Gasteiger partial charge in [0.25, 0.3) is 15.9 Å². The summed E-state index contributed by atoms with van der Waals surface area (Å²) in [4.78, 5) is 13.0. The zero-order valence-corrected chi connectivity index (χ0v) is 19.0. The highest BCUT2D eigenvalue weighted by Crippen LogP contribution is 2.33. The molecule has 0 unspecified atom stereocenters. The molecule has 1 amide bonds. The van der Waals surface area contributed by atoms with Crippen LogP contribution in [0.5, 0.6) is 0 Å². The molecule has 3 aromatic rings. The van der Waals surface area contributed by atoms with E-state index in [2.05, 4.69) is 5.32 Å². The SMILES string of the molecule is C[C@H](NC(=O)c1ccc2c(c1)CCCN2S(=O)(=O)c1ccc(Cl)cc1)c1ccc(F)cc1. The highest BCUT2D eigenvalue weighted by atomic mass is 35.5. The molecule has 0 aliphatic carbocycles. The van der Waals surface area contributed by atoms with Gasteiger partial charge in [-0.25, -0.2) is 12.8 Å². The Morgan fingerprint density at radius 1 is 1.06 bits per heavy atom. The summed E-state index contributed by atoms with van der Waals surface area (Å²) >= 11 is 5.89. The minimum Gasteiger partial charge on any atom is -0.346 e. The highest BCUT2D eigenvalue weighted by Gasteiger charge is 2.29. The average Bonchev–Trinajstić information content (AvgIpc) is 2.79. The van der Waals surface area contributed by atoms with Crippen molar-refractivity contribution < 1.29 is 17.6 Å². The van der Waals surface area contributed by atoms with Crippen LogP contribution in [0.2, 0.25) is 5.02 Å². The number of hydrogen-bond donors (Lipinski definition) is 1. The molecule has 0 spiro atoms. The normalized spacial score (nSPS) is 14.5. The third-order valence-corrected chi connectivity index (χ3v) is 7.62. The molecule has 1 atom stereocenters. The van der Waals surface area contributed by atoms with E-state index in [1.807, 2.05) is 6.92 Å². The summed E-state index contributed by atoms with van der Waals surface area (Å²) in [7, 11) is -3.74. The molecule has 5 nitrogen and oxygen atoms in total. The Balaban J connectivity index is 1.57. The summed E-state index contributed by atoms with van der Waals surface area (Å²) in [5.41, 5.74) is 2.62. The number of halogens is 2. The molecular weight excluding hydrogens is 451 g/mol. The minimum atomic E-state index is -3.74. The van der Waals surface area contributed by atoms with Crippen molar-refractivity contribution in [3.05, 3.63) is 94.3 Å². The van der Waals surface area contributed by atoms with Crippen molar-refractivity contribution in [1.29, 1.82) is 0 Å². The van der Waals surface area contributed by atoms with Crippen molar-refractivity contribution in [3.63, 3.8) is 0 Å². The second kappa shape index (κ2) is 8.92. The number of benzene rings is 3. The van der Waals surface area contributed by atoms with Crippen molar-refractivity contribution in [1.82, 2.24) is 5.32 Å². The van der Waals surface area contributed by atoms with Gasteiger partial charge in [-0.2, -0.15) is 0 Å². The Morgan fingerprint density at radius 2 is 1.75 bits per heavy atom. The number of amides is 1. The van der Waals surface area contributed by atoms with Crippen molar-refractivity contribution in [3.8, 4) is 0 Å². The maximum Gasteiger partial charge on any atom is 0.264 e. The number of fused-ring (bicyclic) bond motifs is 1. The summed E-state index contributed by atoms with van der Waals surface area (Å²) in [6.07, 6.45) is 1.33. The van der Waals surface area contributed by atoms with Crippen LogP contribution in [0.25, 0.3) is 0 Å². The van der Waals surface area contributed by atoms with E-state index in [4.69, 9.17) is 11.6 Å². The molecule has 1 heterocycles. The fraction of sp³-hybridized carbons (Fsp3) is 0.208. The standard InChI is InChI=1S/C24H22ClFN2O3S/c1-16(17-4-9-21(26)10-5-17)27-24(29)19-6-13-23-18(15-19)3-2-14-28(23)32(30,31)22-11-7-20(25)8-12-22/h4-13,15-16H,2-3,14H2,1H3,(H,27,29)/t16-/m0/s1. The predicted octanol–water partition coefficient (Wildman–Crippen LogP) is 5.11. The van der Waals surface area contributed by atoms with Crippen molar-refractivity contribution in [2.24, 2.45) is 0 Å². The van der Waals surface area contributed by atoms with Crippen molar-refractivity contribution >= 4 is 33.2 Å². The molecular formula is C24H22ClFN2O3S. The highest BCUT2D eigenvalue weighted by molar-refractivity contribution is 7.92. The number of carbonyl (C=O) groups excluding carboxylic acids is 1. The molecule has 1 aliphatic heterocycles. The zero-order valence-electron chi connectivity index (χ0n) is 17.4. The smallest absolute Gasteiger partial charge is 0.264 e. The summed E-state index contributed by atoms with van der Waals surface area (Å²) in [6.45, 7) is 2.19. The van der Waals surface area contributed by atoms with Crippen LogP contribution in [0.15, 0.2) is 71.6 Å². The number of sulfonamides is 1. The van der Waals surface area contributed by atoms with Gasteiger partial charge >= 0.3 is 0 Å². The van der Waals surface area contributed by atoms with Crippen LogP contribution in [-0.4, -0.2) is 20.9 Å². The van der Waals surface area contributed by atoms with E-state index in [9.17, 15) is 17.6 Å². The van der Waals surface area contributed by atoms with Gasteiger partial charge in [0.1, 0.15) is 5.82 Å². The van der Waals surface area contributed by atoms with Crippen molar-refractivity contribution in [2.75, 3.05) is 10.8 Å². The Labute approximate surface area is 191 Å². The molecule has 0 aromatic heterocycles. The third kappa shape index (κ3) is 4.49. The van der Waals surface area contributed by atoms with E-state index in [0.29, 0.717) is 35.7 Å². The first-order valence-corrected chi connectivity index (χ1v) is 12.0. The van der Waals surface area contributed by atoms with Crippen LogP contribution in [0.4, 0.5) is 10.1 Å². The molecule has 0 fully saturated rings. The third-order valence-electron chi connectivity index (χ3n) is 5.54. The molecule has 8 heteroatoms. The topological polar surface area (TPSA) is 66.5 Å². The summed E-state index contributed by atoms with van der Waals surface area (Å²) in [5, 5.41) is 3.37. The van der Waals surface area contributed by atoms with Gasteiger partial charge in [0.05, 0.1) is 16.6 Å². The Kier molecular flexibility index (Phi) is 6.22. The van der Waals surface area contributed by atoms with Gasteiger partial charge in [0.15, 0.2) is 0 Å². The van der Waals surface area contributed by atoms with Gasteiger partial charge < -0.3 is 5.32 Å². The minimum absolute atomic E-state index is 0.171. The summed E-state index contributed by atoms with van der Waals surface area (Å²) < 4.78 is 40.9. The van der Waals surface area contributed by atoms with E-state index in [0.717, 1.165) is 11.1 Å². The van der Waals surface area contributed by atoms with Gasteiger partial charge in [0, 0.05) is 17.1 Å². The lowest BCUT2D eigenvalue weighted by Crippen LogP contribution is -2.35. The van der Waals surface area contributed by atoms with Crippen LogP contribution < -0.4 is 9.62 Å². The van der Waals surface area contributed by atoms with Crippen LogP contribution in [0.3, 0.4) is 0 Å². The molecule has 1 N–H and O–H groups in total. The van der Waals surface area contributed by atoms with Gasteiger partial charge in [-0.3, -0.25) is 9.10 Å². The Morgan fingerprint density at radius 3 is 2.44 bits per heavy atom. The number of nitrogens with zero attached hydrogens (tertiary/aromatic N) is 1. The lowest BCUT2D eigenvalue weighted by atomic mass is 10.00. The van der Waals surface area contributed by atoms with E-state index in [1.54, 1.807) is 42.5 Å². The number of aryl methyl sites for hydroxylation is 1. The molecule has 0 saturated heterocycles. The first-order chi connectivity index (χ1) is 15.3. The number of carbonyl (C=O) groups is 1. The predicted molar refractivity (Wildman–Crippen MR) is 123 cm³/mol. The molecule has 166 valence electrons. The quantitative estimate of drug-likeness (QED) is 0.561. The molecule has 0 saturated carbocycles. The largest absolute Gasteiger partial charge is 0.346 e. The molecule has 0 radical (unpaired) electrons. The van der Waals surface area contributed by atoms with Crippen LogP contribution in [0.1, 0.15) is 40.9 Å². The Bertz CT molecular complexity index is 1250. The average molecular weight is 473 g/mol. The molecule has 0 bridgehead atoms. The number of anilines is 1. The first-order valence-electron chi connectivity index (χ1n) is 10.2. The maximum atomic E-state index is 13.2. The fourth-order valence-electron chi connectivity index (χ4n) is 3.80. The fourth-order valence-corrected chi connectivity index (χ4v) is 5.47. The van der Waals surface area contributed by atoms with E-state index in [-0.39, 0.29) is 22.7 Å². The Hall–Kier alpha value is -2.90. The molecule has 1 aliphatic rings. The lowest BCUT2D eigenvalue weighted by molar-refractivity contribution is 0.0940. The second-order valence-electron chi connectivity index (χ2n) is 7.72. The van der Waals surface area contributed by atoms with E-state index < -0.39 is 10.0 Å². The van der Waals surface area contributed by atoms with Crippen LogP contribution in [0, 0.1) is 5.82 Å². The summed E-state index contributed by atoms with van der Waals surface area (Å²) in [5.74, 6) is -0.609. The number of rotatable bonds is 5.